The van der Waals surface area contributed by atoms with Crippen LogP contribution in [-0.4, -0.2) is 26.1 Å². The van der Waals surface area contributed by atoms with Crippen molar-refractivity contribution in [3.63, 3.8) is 0 Å². The molecule has 0 aliphatic heterocycles. The van der Waals surface area contributed by atoms with Gasteiger partial charge in [-0.1, -0.05) is 5.21 Å². The van der Waals surface area contributed by atoms with E-state index in [1.807, 2.05) is 7.05 Å². The molecule has 5 heteroatoms. The number of carboxylic acids is 1. The maximum absolute atomic E-state index is 10.6. The first-order valence-corrected chi connectivity index (χ1v) is 4.78. The van der Waals surface area contributed by atoms with E-state index in [0.29, 0.717) is 0 Å². The van der Waals surface area contributed by atoms with Crippen molar-refractivity contribution in [2.45, 2.75) is 31.6 Å². The second kappa shape index (κ2) is 3.40. The Morgan fingerprint density at radius 3 is 3.21 bits per heavy atom. The maximum atomic E-state index is 10.6. The van der Waals surface area contributed by atoms with Gasteiger partial charge in [0.2, 0.25) is 0 Å². The predicted molar refractivity (Wildman–Crippen MR) is 48.9 cm³/mol. The Hall–Kier alpha value is -1.39. The number of aromatic nitrogens is 3. The highest BCUT2D eigenvalue weighted by Crippen LogP contribution is 2.31. The lowest BCUT2D eigenvalue weighted by Crippen LogP contribution is -2.14. The molecule has 1 aliphatic rings. The Morgan fingerprint density at radius 2 is 2.50 bits per heavy atom. The van der Waals surface area contributed by atoms with Gasteiger partial charge < -0.3 is 5.11 Å². The van der Waals surface area contributed by atoms with Crippen LogP contribution >= 0.6 is 0 Å². The van der Waals surface area contributed by atoms with Gasteiger partial charge >= 0.3 is 5.97 Å². The van der Waals surface area contributed by atoms with Crippen molar-refractivity contribution >= 4 is 5.97 Å². The monoisotopic (exact) mass is 195 g/mol. The van der Waals surface area contributed by atoms with E-state index in [0.717, 1.165) is 30.7 Å². The molecule has 2 rings (SSSR count). The molecular formula is C9H13N3O2. The predicted octanol–water partition coefficient (Wildman–Crippen LogP) is 0.710. The Morgan fingerprint density at radius 1 is 1.71 bits per heavy atom. The van der Waals surface area contributed by atoms with Crippen molar-refractivity contribution in [1.82, 2.24) is 15.0 Å². The molecule has 1 aromatic heterocycles. The molecule has 0 fully saturated rings. The van der Waals surface area contributed by atoms with Crippen molar-refractivity contribution in [3.8, 4) is 0 Å². The zero-order valence-corrected chi connectivity index (χ0v) is 8.10. The van der Waals surface area contributed by atoms with E-state index < -0.39 is 5.97 Å². The van der Waals surface area contributed by atoms with Crippen molar-refractivity contribution in [2.24, 2.45) is 7.05 Å². The second-order valence-corrected chi connectivity index (χ2v) is 3.73. The van der Waals surface area contributed by atoms with E-state index in [9.17, 15) is 4.79 Å². The van der Waals surface area contributed by atoms with Crippen LogP contribution in [0.5, 0.6) is 0 Å². The number of fused-ring (bicyclic) bond motifs is 1. The van der Waals surface area contributed by atoms with Crippen LogP contribution in [-0.2, 0) is 18.3 Å². The van der Waals surface area contributed by atoms with Crippen molar-refractivity contribution in [2.75, 3.05) is 0 Å². The van der Waals surface area contributed by atoms with Crippen LogP contribution in [0.2, 0.25) is 0 Å². The third-order valence-electron chi connectivity index (χ3n) is 2.75. The Labute approximate surface area is 81.7 Å². The minimum absolute atomic E-state index is 0.0601. The van der Waals surface area contributed by atoms with Gasteiger partial charge in [-0.15, -0.1) is 5.10 Å². The summed E-state index contributed by atoms with van der Waals surface area (Å²) in [6.45, 7) is 0. The van der Waals surface area contributed by atoms with Crippen LogP contribution < -0.4 is 0 Å². The van der Waals surface area contributed by atoms with Gasteiger partial charge in [0.15, 0.2) is 0 Å². The summed E-state index contributed by atoms with van der Waals surface area (Å²) in [5.41, 5.74) is 1.99. The summed E-state index contributed by atoms with van der Waals surface area (Å²) in [5, 5.41) is 16.7. The molecule has 0 saturated carbocycles. The molecule has 0 aromatic carbocycles. The second-order valence-electron chi connectivity index (χ2n) is 3.73. The quantitative estimate of drug-likeness (QED) is 0.754. The van der Waals surface area contributed by atoms with E-state index in [1.165, 1.54) is 0 Å². The molecule has 0 radical (unpaired) electrons. The molecule has 0 bridgehead atoms. The van der Waals surface area contributed by atoms with Gasteiger partial charge in [-0.2, -0.15) is 0 Å². The number of carbonyl (C=O) groups is 1. The summed E-state index contributed by atoms with van der Waals surface area (Å²) in [5.74, 6) is -0.696. The molecule has 0 amide bonds. The van der Waals surface area contributed by atoms with Crippen LogP contribution in [0, 0.1) is 0 Å². The average molecular weight is 195 g/mol. The van der Waals surface area contributed by atoms with Crippen LogP contribution in [0.15, 0.2) is 0 Å². The van der Waals surface area contributed by atoms with Crippen molar-refractivity contribution in [3.05, 3.63) is 11.4 Å². The van der Waals surface area contributed by atoms with E-state index in [4.69, 9.17) is 5.11 Å². The molecule has 14 heavy (non-hydrogen) atoms. The first-order chi connectivity index (χ1) is 6.68. The summed E-state index contributed by atoms with van der Waals surface area (Å²) in [7, 11) is 1.86. The third kappa shape index (κ3) is 1.49. The first-order valence-electron chi connectivity index (χ1n) is 4.78. The topological polar surface area (TPSA) is 68.0 Å². The van der Waals surface area contributed by atoms with Gasteiger partial charge in [-0.25, -0.2) is 0 Å². The number of carboxylic acid groups (broad SMARTS) is 1. The molecule has 1 heterocycles. The smallest absolute Gasteiger partial charge is 0.304 e. The van der Waals surface area contributed by atoms with Gasteiger partial charge in [0.05, 0.1) is 17.8 Å². The highest BCUT2D eigenvalue weighted by atomic mass is 16.4. The number of aliphatic carboxylic acids is 1. The van der Waals surface area contributed by atoms with E-state index >= 15 is 0 Å². The maximum Gasteiger partial charge on any atom is 0.304 e. The van der Waals surface area contributed by atoms with Crippen LogP contribution in [0.25, 0.3) is 0 Å². The first kappa shape index (κ1) is 9.18. The van der Waals surface area contributed by atoms with Gasteiger partial charge in [-0.05, 0) is 19.3 Å². The highest BCUT2D eigenvalue weighted by molar-refractivity contribution is 5.68. The average Bonchev–Trinajstić information content (AvgIpc) is 2.49. The van der Waals surface area contributed by atoms with E-state index in [2.05, 4.69) is 10.3 Å². The summed E-state index contributed by atoms with van der Waals surface area (Å²) in [6, 6.07) is 0. The SMILES string of the molecule is Cn1nnc2c1CCCC2CC(=O)O. The lowest BCUT2D eigenvalue weighted by Gasteiger charge is -2.19. The molecule has 1 aliphatic carbocycles. The van der Waals surface area contributed by atoms with Crippen LogP contribution in [0.1, 0.15) is 36.6 Å². The lowest BCUT2D eigenvalue weighted by molar-refractivity contribution is -0.137. The van der Waals surface area contributed by atoms with E-state index in [-0.39, 0.29) is 12.3 Å². The molecule has 1 atom stereocenters. The van der Waals surface area contributed by atoms with Crippen LogP contribution in [0.3, 0.4) is 0 Å². The van der Waals surface area contributed by atoms with Crippen molar-refractivity contribution in [1.29, 1.82) is 0 Å². The fourth-order valence-electron chi connectivity index (χ4n) is 2.06. The molecular weight excluding hydrogens is 182 g/mol. The van der Waals surface area contributed by atoms with Crippen molar-refractivity contribution < 1.29 is 9.90 Å². The molecule has 0 spiro atoms. The minimum Gasteiger partial charge on any atom is -0.481 e. The van der Waals surface area contributed by atoms with Gasteiger partial charge in [0, 0.05) is 13.0 Å². The fourth-order valence-corrected chi connectivity index (χ4v) is 2.06. The van der Waals surface area contributed by atoms with Crippen LogP contribution in [0.4, 0.5) is 0 Å². The Balaban J connectivity index is 2.27. The summed E-state index contributed by atoms with van der Waals surface area (Å²) in [4.78, 5) is 10.6. The zero-order valence-electron chi connectivity index (χ0n) is 8.10. The molecule has 1 aromatic rings. The summed E-state index contributed by atoms with van der Waals surface area (Å²) >= 11 is 0. The zero-order chi connectivity index (χ0) is 10.1. The van der Waals surface area contributed by atoms with E-state index in [1.54, 1.807) is 4.68 Å². The number of hydrogen-bond donors (Lipinski definition) is 1. The summed E-state index contributed by atoms with van der Waals surface area (Å²) < 4.78 is 1.75. The van der Waals surface area contributed by atoms with Gasteiger partial charge in [0.25, 0.3) is 0 Å². The van der Waals surface area contributed by atoms with Gasteiger partial charge in [0.1, 0.15) is 0 Å². The largest absolute Gasteiger partial charge is 0.481 e. The normalized spacial score (nSPS) is 20.5. The number of aryl methyl sites for hydroxylation is 1. The molecule has 0 saturated heterocycles. The molecule has 1 N–H and O–H groups in total. The Kier molecular flexibility index (Phi) is 2.23. The lowest BCUT2D eigenvalue weighted by atomic mass is 9.87. The summed E-state index contributed by atoms with van der Waals surface area (Å²) in [6.07, 6.45) is 3.09. The Bertz CT molecular complexity index is 359. The number of hydrogen-bond acceptors (Lipinski definition) is 3. The molecule has 76 valence electrons. The number of rotatable bonds is 2. The molecule has 5 nitrogen and oxygen atoms in total. The fraction of sp³-hybridized carbons (Fsp3) is 0.667. The highest BCUT2D eigenvalue weighted by Gasteiger charge is 2.26. The standard InChI is InChI=1S/C9H13N3O2/c1-12-7-4-2-3-6(5-8(13)14)9(7)10-11-12/h6H,2-5H2,1H3,(H,13,14). The minimum atomic E-state index is -0.756. The molecule has 1 unspecified atom stereocenters. The number of nitrogens with zero attached hydrogens (tertiary/aromatic N) is 3. The third-order valence-corrected chi connectivity index (χ3v) is 2.75. The van der Waals surface area contributed by atoms with Gasteiger partial charge in [-0.3, -0.25) is 9.48 Å².